The Labute approximate surface area is 161 Å². The van der Waals surface area contributed by atoms with Gasteiger partial charge in [0.1, 0.15) is 11.3 Å². The highest BCUT2D eigenvalue weighted by molar-refractivity contribution is 5.79. The average Bonchev–Trinajstić information content (AvgIpc) is 3.12. The highest BCUT2D eigenvalue weighted by Crippen LogP contribution is 2.37. The van der Waals surface area contributed by atoms with Gasteiger partial charge in [-0.05, 0) is 52.0 Å². The van der Waals surface area contributed by atoms with Crippen molar-refractivity contribution in [2.45, 2.75) is 83.0 Å². The van der Waals surface area contributed by atoms with Crippen LogP contribution < -0.4 is 5.32 Å². The molecule has 4 heterocycles. The number of nitrogens with zero attached hydrogens (tertiary/aromatic N) is 4. The van der Waals surface area contributed by atoms with Crippen LogP contribution in [0.1, 0.15) is 64.5 Å². The number of aromatic nitrogens is 3. The van der Waals surface area contributed by atoms with Crippen LogP contribution in [0.2, 0.25) is 0 Å². The quantitative estimate of drug-likeness (QED) is 0.818. The van der Waals surface area contributed by atoms with Gasteiger partial charge in [0, 0.05) is 18.6 Å². The molecule has 4 unspecified atom stereocenters. The van der Waals surface area contributed by atoms with Crippen molar-refractivity contribution in [1.29, 1.82) is 0 Å². The fourth-order valence-electron chi connectivity index (χ4n) is 5.06. The van der Waals surface area contributed by atoms with Crippen LogP contribution in [0.4, 0.5) is 0 Å². The summed E-state index contributed by atoms with van der Waals surface area (Å²) in [6, 6.07) is 0.798. The zero-order valence-electron chi connectivity index (χ0n) is 16.6. The minimum absolute atomic E-state index is 0.139. The van der Waals surface area contributed by atoms with Gasteiger partial charge in [0.2, 0.25) is 5.91 Å². The van der Waals surface area contributed by atoms with E-state index in [1.807, 2.05) is 10.9 Å². The largest absolute Gasteiger partial charge is 0.384 e. The molecule has 4 aliphatic rings. The molecule has 4 fully saturated rings. The summed E-state index contributed by atoms with van der Waals surface area (Å²) < 4.78 is 1.84. The van der Waals surface area contributed by atoms with E-state index in [0.29, 0.717) is 23.7 Å². The third kappa shape index (κ3) is 4.19. The Hall–Kier alpha value is -1.47. The number of aliphatic hydroxyl groups is 1. The second kappa shape index (κ2) is 7.51. The Bertz CT molecular complexity index is 662. The first kappa shape index (κ1) is 18.9. The molecule has 0 spiro atoms. The summed E-state index contributed by atoms with van der Waals surface area (Å²) in [4.78, 5) is 15.3. The highest BCUT2D eigenvalue weighted by Gasteiger charge is 2.43. The number of hydrogen-bond donors (Lipinski definition) is 2. The van der Waals surface area contributed by atoms with Gasteiger partial charge in [0.25, 0.3) is 0 Å². The molecule has 3 aliphatic heterocycles. The van der Waals surface area contributed by atoms with Gasteiger partial charge in [-0.3, -0.25) is 14.4 Å². The molecule has 4 atom stereocenters. The SMILES string of the molecule is CC(C)(O)c1cn(CC2CC3CCN2CC3C(=O)NC2CCCCC2)nn1. The molecule has 1 aliphatic carbocycles. The van der Waals surface area contributed by atoms with Crippen molar-refractivity contribution in [2.24, 2.45) is 11.8 Å². The maximum absolute atomic E-state index is 12.8. The van der Waals surface area contributed by atoms with E-state index in [4.69, 9.17) is 0 Å². The van der Waals surface area contributed by atoms with Gasteiger partial charge >= 0.3 is 0 Å². The summed E-state index contributed by atoms with van der Waals surface area (Å²) in [5.74, 6) is 0.889. The molecule has 0 radical (unpaired) electrons. The van der Waals surface area contributed by atoms with Crippen molar-refractivity contribution in [2.75, 3.05) is 13.1 Å². The molecular weight excluding hydrogens is 342 g/mol. The van der Waals surface area contributed by atoms with E-state index in [-0.39, 0.29) is 11.8 Å². The lowest BCUT2D eigenvalue weighted by molar-refractivity contribution is -0.134. The molecule has 0 aromatic carbocycles. The number of rotatable bonds is 5. The van der Waals surface area contributed by atoms with Crippen molar-refractivity contribution >= 4 is 5.91 Å². The molecule has 3 saturated heterocycles. The Balaban J connectivity index is 1.34. The van der Waals surface area contributed by atoms with E-state index in [2.05, 4.69) is 20.5 Å². The van der Waals surface area contributed by atoms with Gasteiger partial charge in [-0.1, -0.05) is 24.5 Å². The van der Waals surface area contributed by atoms with E-state index < -0.39 is 5.60 Å². The number of carbonyl (C=O) groups is 1. The van der Waals surface area contributed by atoms with Crippen LogP contribution in [0.3, 0.4) is 0 Å². The summed E-state index contributed by atoms with van der Waals surface area (Å²) >= 11 is 0. The van der Waals surface area contributed by atoms with Gasteiger partial charge in [-0.2, -0.15) is 0 Å². The van der Waals surface area contributed by atoms with Crippen LogP contribution in [0.5, 0.6) is 0 Å². The van der Waals surface area contributed by atoms with Gasteiger partial charge in [0.15, 0.2) is 0 Å². The summed E-state index contributed by atoms with van der Waals surface area (Å²) in [5, 5.41) is 21.7. The Morgan fingerprint density at radius 3 is 2.70 bits per heavy atom. The molecule has 1 amide bonds. The summed E-state index contributed by atoms with van der Waals surface area (Å²) in [6.07, 6.45) is 10.1. The maximum atomic E-state index is 12.8. The smallest absolute Gasteiger partial charge is 0.224 e. The molecule has 150 valence electrons. The number of fused-ring (bicyclic) bond motifs is 3. The molecule has 5 rings (SSSR count). The van der Waals surface area contributed by atoms with Crippen LogP contribution >= 0.6 is 0 Å². The lowest BCUT2D eigenvalue weighted by Gasteiger charge is -2.49. The van der Waals surface area contributed by atoms with Gasteiger partial charge in [-0.15, -0.1) is 5.10 Å². The first-order chi connectivity index (χ1) is 12.9. The van der Waals surface area contributed by atoms with Gasteiger partial charge < -0.3 is 10.4 Å². The van der Waals surface area contributed by atoms with E-state index in [9.17, 15) is 9.90 Å². The van der Waals surface area contributed by atoms with Gasteiger partial charge in [-0.25, -0.2) is 0 Å². The summed E-state index contributed by atoms with van der Waals surface area (Å²) in [6.45, 7) is 6.15. The molecule has 2 N–H and O–H groups in total. The lowest BCUT2D eigenvalue weighted by atomic mass is 9.75. The average molecular weight is 376 g/mol. The third-order valence-corrected chi connectivity index (χ3v) is 6.73. The zero-order chi connectivity index (χ0) is 19.0. The fourth-order valence-corrected chi connectivity index (χ4v) is 5.06. The minimum atomic E-state index is -0.966. The number of hydrogen-bond acceptors (Lipinski definition) is 5. The normalized spacial score (nSPS) is 31.8. The highest BCUT2D eigenvalue weighted by atomic mass is 16.3. The molecule has 1 saturated carbocycles. The number of carbonyl (C=O) groups excluding carboxylic acids is 1. The first-order valence-electron chi connectivity index (χ1n) is 10.6. The van der Waals surface area contributed by atoms with Crippen LogP contribution in [0.15, 0.2) is 6.20 Å². The lowest BCUT2D eigenvalue weighted by Crippen LogP contribution is -2.58. The first-order valence-corrected chi connectivity index (χ1v) is 10.6. The summed E-state index contributed by atoms with van der Waals surface area (Å²) in [5.41, 5.74) is -0.366. The topological polar surface area (TPSA) is 83.3 Å². The van der Waals surface area contributed by atoms with Crippen molar-refractivity contribution in [3.63, 3.8) is 0 Å². The predicted molar refractivity (Wildman–Crippen MR) is 102 cm³/mol. The molecule has 7 nitrogen and oxygen atoms in total. The van der Waals surface area contributed by atoms with E-state index >= 15 is 0 Å². The van der Waals surface area contributed by atoms with Crippen LogP contribution in [-0.2, 0) is 16.9 Å². The molecule has 27 heavy (non-hydrogen) atoms. The van der Waals surface area contributed by atoms with Crippen molar-refractivity contribution in [1.82, 2.24) is 25.2 Å². The van der Waals surface area contributed by atoms with Crippen LogP contribution in [-0.4, -0.2) is 56.1 Å². The van der Waals surface area contributed by atoms with Gasteiger partial charge in [0.05, 0.1) is 18.7 Å². The maximum Gasteiger partial charge on any atom is 0.224 e. The second-order valence-electron chi connectivity index (χ2n) is 9.27. The number of amides is 1. The third-order valence-electron chi connectivity index (χ3n) is 6.73. The second-order valence-corrected chi connectivity index (χ2v) is 9.27. The zero-order valence-corrected chi connectivity index (χ0v) is 16.6. The Kier molecular flexibility index (Phi) is 5.25. The van der Waals surface area contributed by atoms with E-state index in [1.165, 1.54) is 19.3 Å². The van der Waals surface area contributed by atoms with Crippen LogP contribution in [0, 0.1) is 11.8 Å². The number of nitrogens with one attached hydrogen (secondary N) is 1. The molecule has 1 aromatic heterocycles. The molecular formula is C20H33N5O2. The standard InChI is InChI=1S/C20H33N5O2/c1-20(2,27)18-13-25(23-22-18)11-16-10-14-8-9-24(16)12-17(14)19(26)21-15-6-4-3-5-7-15/h13-17,27H,3-12H2,1-2H3,(H,21,26). The van der Waals surface area contributed by atoms with Crippen molar-refractivity contribution in [3.05, 3.63) is 11.9 Å². The molecule has 2 bridgehead atoms. The van der Waals surface area contributed by atoms with Crippen molar-refractivity contribution in [3.8, 4) is 0 Å². The van der Waals surface area contributed by atoms with E-state index in [0.717, 1.165) is 45.3 Å². The van der Waals surface area contributed by atoms with Crippen molar-refractivity contribution < 1.29 is 9.90 Å². The minimum Gasteiger partial charge on any atom is -0.384 e. The van der Waals surface area contributed by atoms with Crippen LogP contribution in [0.25, 0.3) is 0 Å². The van der Waals surface area contributed by atoms with E-state index in [1.54, 1.807) is 13.8 Å². The monoisotopic (exact) mass is 375 g/mol. The Morgan fingerprint density at radius 2 is 2.07 bits per heavy atom. The number of piperidine rings is 3. The predicted octanol–water partition coefficient (Wildman–Crippen LogP) is 1.66. The summed E-state index contributed by atoms with van der Waals surface area (Å²) in [7, 11) is 0. The Morgan fingerprint density at radius 1 is 1.30 bits per heavy atom. The molecule has 7 heteroatoms. The fraction of sp³-hybridized carbons (Fsp3) is 0.850. The molecule has 1 aromatic rings.